The molecule has 1 unspecified atom stereocenters. The van der Waals surface area contributed by atoms with Crippen LogP contribution in [0.3, 0.4) is 0 Å². The van der Waals surface area contributed by atoms with E-state index in [-0.39, 0.29) is 0 Å². The molecule has 0 aromatic heterocycles. The summed E-state index contributed by atoms with van der Waals surface area (Å²) >= 11 is 0. The smallest absolute Gasteiger partial charge is 0.414 e. The second kappa shape index (κ2) is 9.76. The predicted molar refractivity (Wildman–Crippen MR) is 71.6 cm³/mol. The molecule has 0 heterocycles. The van der Waals surface area contributed by atoms with Crippen molar-refractivity contribution in [2.24, 2.45) is 0 Å². The number of carboxylic acid groups (broad SMARTS) is 2. The number of hydrogen-bond acceptors (Lipinski definition) is 5. The molecule has 0 bridgehead atoms. The van der Waals surface area contributed by atoms with Crippen LogP contribution in [0.1, 0.15) is 12.5 Å². The zero-order valence-electron chi connectivity index (χ0n) is 11.6. The summed E-state index contributed by atoms with van der Waals surface area (Å²) in [4.78, 5) is 23.0. The topological polar surface area (TPSA) is 105 Å². The minimum Gasteiger partial charge on any atom is -0.497 e. The lowest BCUT2D eigenvalue weighted by atomic mass is 10.1. The Kier molecular flexibility index (Phi) is 8.73. The number of rotatable bonds is 5. The number of methoxy groups -OCH3 is 1. The van der Waals surface area contributed by atoms with Gasteiger partial charge in [-0.25, -0.2) is 9.59 Å². The van der Waals surface area contributed by atoms with Gasteiger partial charge in [0.05, 0.1) is 14.2 Å². The summed E-state index contributed by atoms with van der Waals surface area (Å²) in [5.74, 6) is -2.76. The van der Waals surface area contributed by atoms with Gasteiger partial charge in [0.25, 0.3) is 0 Å². The van der Waals surface area contributed by atoms with Gasteiger partial charge in [0.1, 0.15) is 5.75 Å². The SMILES string of the molecule is CONC(C)Cc1ccc(OC)cc1.O=C(O)C(=O)O. The van der Waals surface area contributed by atoms with E-state index in [0.717, 1.165) is 12.2 Å². The second-order valence-corrected chi connectivity index (χ2v) is 3.89. The molecule has 0 saturated heterocycles. The number of hydrogen-bond donors (Lipinski definition) is 3. The van der Waals surface area contributed by atoms with E-state index in [4.69, 9.17) is 29.4 Å². The fourth-order valence-electron chi connectivity index (χ4n) is 1.36. The number of nitrogens with one attached hydrogen (secondary N) is 1. The highest BCUT2D eigenvalue weighted by Crippen LogP contribution is 2.12. The van der Waals surface area contributed by atoms with Crippen molar-refractivity contribution in [3.8, 4) is 5.75 Å². The first-order chi connectivity index (χ1) is 9.40. The van der Waals surface area contributed by atoms with E-state index >= 15 is 0 Å². The average Bonchev–Trinajstić information content (AvgIpc) is 2.40. The quantitative estimate of drug-likeness (QED) is 0.546. The molecule has 0 aliphatic heterocycles. The maximum absolute atomic E-state index is 9.10. The van der Waals surface area contributed by atoms with Crippen LogP contribution in [0.4, 0.5) is 0 Å². The zero-order chi connectivity index (χ0) is 15.5. The molecule has 20 heavy (non-hydrogen) atoms. The summed E-state index contributed by atoms with van der Waals surface area (Å²) in [7, 11) is 3.30. The van der Waals surface area contributed by atoms with Crippen LogP contribution in [0.25, 0.3) is 0 Å². The summed E-state index contributed by atoms with van der Waals surface area (Å²) in [6.45, 7) is 2.08. The summed E-state index contributed by atoms with van der Waals surface area (Å²) in [5, 5.41) is 14.8. The Bertz CT molecular complexity index is 405. The van der Waals surface area contributed by atoms with E-state index in [9.17, 15) is 0 Å². The Hall–Kier alpha value is -2.12. The van der Waals surface area contributed by atoms with Crippen molar-refractivity contribution in [3.05, 3.63) is 29.8 Å². The molecule has 112 valence electrons. The minimum atomic E-state index is -1.82. The van der Waals surface area contributed by atoms with Gasteiger partial charge < -0.3 is 19.8 Å². The molecular formula is C13H19NO6. The van der Waals surface area contributed by atoms with Crippen molar-refractivity contribution >= 4 is 11.9 Å². The van der Waals surface area contributed by atoms with Crippen molar-refractivity contribution in [1.82, 2.24) is 5.48 Å². The van der Waals surface area contributed by atoms with Crippen LogP contribution in [-0.4, -0.2) is 42.4 Å². The van der Waals surface area contributed by atoms with Gasteiger partial charge in [-0.2, -0.15) is 5.48 Å². The standard InChI is InChI=1S/C11H17NO2.C2H2O4/c1-9(12-14-3)8-10-4-6-11(13-2)7-5-10;3-1(4)2(5)6/h4-7,9,12H,8H2,1-3H3;(H,3,4)(H,5,6). The number of benzene rings is 1. The van der Waals surface area contributed by atoms with Gasteiger partial charge in [-0.3, -0.25) is 0 Å². The fraction of sp³-hybridized carbons (Fsp3) is 0.385. The van der Waals surface area contributed by atoms with Crippen LogP contribution in [-0.2, 0) is 20.8 Å². The summed E-state index contributed by atoms with van der Waals surface area (Å²) in [5.41, 5.74) is 4.16. The molecule has 0 aliphatic rings. The highest BCUT2D eigenvalue weighted by molar-refractivity contribution is 6.27. The van der Waals surface area contributed by atoms with Crippen LogP contribution in [0.2, 0.25) is 0 Å². The molecule has 1 aromatic carbocycles. The van der Waals surface area contributed by atoms with Crippen LogP contribution >= 0.6 is 0 Å². The molecule has 0 fully saturated rings. The highest BCUT2D eigenvalue weighted by Gasteiger charge is 2.04. The number of carboxylic acids is 2. The number of carbonyl (C=O) groups is 2. The Balaban J connectivity index is 0.000000511. The normalized spacial score (nSPS) is 10.9. The largest absolute Gasteiger partial charge is 0.497 e. The third-order valence-corrected chi connectivity index (χ3v) is 2.20. The van der Waals surface area contributed by atoms with Gasteiger partial charge >= 0.3 is 11.9 Å². The first kappa shape index (κ1) is 17.9. The van der Waals surface area contributed by atoms with E-state index in [0.29, 0.717) is 6.04 Å². The molecule has 7 nitrogen and oxygen atoms in total. The highest BCUT2D eigenvalue weighted by atomic mass is 16.6. The molecule has 0 aliphatic carbocycles. The van der Waals surface area contributed by atoms with E-state index in [1.165, 1.54) is 5.56 Å². The summed E-state index contributed by atoms with van der Waals surface area (Å²) in [6.07, 6.45) is 0.942. The van der Waals surface area contributed by atoms with Crippen molar-refractivity contribution in [1.29, 1.82) is 0 Å². The van der Waals surface area contributed by atoms with Crippen molar-refractivity contribution in [2.75, 3.05) is 14.2 Å². The number of hydroxylamine groups is 1. The lowest BCUT2D eigenvalue weighted by molar-refractivity contribution is -0.159. The summed E-state index contributed by atoms with van der Waals surface area (Å²) in [6, 6.07) is 8.37. The molecule has 0 saturated carbocycles. The Morgan fingerprint density at radius 2 is 1.65 bits per heavy atom. The molecule has 1 rings (SSSR count). The van der Waals surface area contributed by atoms with Crippen LogP contribution in [0.15, 0.2) is 24.3 Å². The molecule has 0 spiro atoms. The third-order valence-electron chi connectivity index (χ3n) is 2.20. The van der Waals surface area contributed by atoms with Gasteiger partial charge in [0.15, 0.2) is 0 Å². The lowest BCUT2D eigenvalue weighted by Crippen LogP contribution is -2.26. The molecule has 1 aromatic rings. The molecule has 1 atom stereocenters. The van der Waals surface area contributed by atoms with E-state index in [2.05, 4.69) is 24.5 Å². The second-order valence-electron chi connectivity index (χ2n) is 3.89. The molecule has 3 N–H and O–H groups in total. The maximum Gasteiger partial charge on any atom is 0.414 e. The zero-order valence-corrected chi connectivity index (χ0v) is 11.6. The summed E-state index contributed by atoms with van der Waals surface area (Å²) < 4.78 is 5.08. The Morgan fingerprint density at radius 3 is 2.00 bits per heavy atom. The molecule has 0 amide bonds. The number of aliphatic carboxylic acids is 2. The van der Waals surface area contributed by atoms with E-state index in [1.54, 1.807) is 14.2 Å². The van der Waals surface area contributed by atoms with E-state index < -0.39 is 11.9 Å². The third kappa shape index (κ3) is 8.06. The van der Waals surface area contributed by atoms with Gasteiger partial charge in [0, 0.05) is 6.04 Å². The molecular weight excluding hydrogens is 266 g/mol. The minimum absolute atomic E-state index is 0.313. The van der Waals surface area contributed by atoms with Gasteiger partial charge in [-0.05, 0) is 31.0 Å². The van der Waals surface area contributed by atoms with Crippen molar-refractivity contribution in [2.45, 2.75) is 19.4 Å². The Labute approximate surface area is 117 Å². The van der Waals surface area contributed by atoms with Gasteiger partial charge in [-0.15, -0.1) is 0 Å². The fourth-order valence-corrected chi connectivity index (χ4v) is 1.36. The maximum atomic E-state index is 9.10. The monoisotopic (exact) mass is 285 g/mol. The van der Waals surface area contributed by atoms with E-state index in [1.807, 2.05) is 12.1 Å². The first-order valence-electron chi connectivity index (χ1n) is 5.78. The van der Waals surface area contributed by atoms with Crippen LogP contribution in [0.5, 0.6) is 5.75 Å². The molecule has 0 radical (unpaired) electrons. The molecule has 7 heteroatoms. The van der Waals surface area contributed by atoms with Crippen molar-refractivity contribution in [3.63, 3.8) is 0 Å². The van der Waals surface area contributed by atoms with Gasteiger partial charge in [0.2, 0.25) is 0 Å². The predicted octanol–water partition coefficient (Wildman–Crippen LogP) is 0.933. The van der Waals surface area contributed by atoms with Crippen LogP contribution < -0.4 is 10.2 Å². The lowest BCUT2D eigenvalue weighted by Gasteiger charge is -2.11. The van der Waals surface area contributed by atoms with Gasteiger partial charge in [-0.1, -0.05) is 12.1 Å². The number of ether oxygens (including phenoxy) is 1. The van der Waals surface area contributed by atoms with Crippen molar-refractivity contribution < 1.29 is 29.4 Å². The average molecular weight is 285 g/mol. The first-order valence-corrected chi connectivity index (χ1v) is 5.78. The Morgan fingerprint density at radius 1 is 1.15 bits per heavy atom. The van der Waals surface area contributed by atoms with Crippen LogP contribution in [0, 0.1) is 0 Å².